The number of nitrogens with two attached hydrogens (primary N) is 1. The maximum atomic E-state index is 9.76. The summed E-state index contributed by atoms with van der Waals surface area (Å²) in [7, 11) is 0. The van der Waals surface area contributed by atoms with Gasteiger partial charge >= 0.3 is 29.6 Å². The van der Waals surface area contributed by atoms with Gasteiger partial charge in [0.1, 0.15) is 4.32 Å². The van der Waals surface area contributed by atoms with Crippen molar-refractivity contribution >= 4 is 34.3 Å². The van der Waals surface area contributed by atoms with Crippen LogP contribution in [0.5, 0.6) is 0 Å². The third-order valence-corrected chi connectivity index (χ3v) is 1.67. The number of aliphatic carboxylic acids is 1. The smallest absolute Gasteiger partial charge is 0.549 e. The van der Waals surface area contributed by atoms with Crippen LogP contribution in [0.1, 0.15) is 0 Å². The number of thiocarbonyl (C=S) groups is 1. The quantitative estimate of drug-likeness (QED) is 0.196. The van der Waals surface area contributed by atoms with E-state index in [-0.39, 0.29) is 39.6 Å². The summed E-state index contributed by atoms with van der Waals surface area (Å²) in [4.78, 5) is 9.76. The van der Waals surface area contributed by atoms with Crippen molar-refractivity contribution in [3.05, 3.63) is 0 Å². The molecular formula is C3H5N2NaO2S2. The van der Waals surface area contributed by atoms with Crippen LogP contribution in [-0.4, -0.2) is 16.0 Å². The first kappa shape index (κ1) is 13.3. The Bertz CT molecular complexity index is 132. The van der Waals surface area contributed by atoms with E-state index >= 15 is 0 Å². The Kier molecular flexibility index (Phi) is 10.3. The van der Waals surface area contributed by atoms with Gasteiger partial charge in [0.2, 0.25) is 0 Å². The van der Waals surface area contributed by atoms with Gasteiger partial charge in [0.25, 0.3) is 0 Å². The third kappa shape index (κ3) is 8.67. The molecule has 0 fully saturated rings. The monoisotopic (exact) mass is 188 g/mol. The Balaban J connectivity index is 0. The van der Waals surface area contributed by atoms with Crippen molar-refractivity contribution < 1.29 is 39.5 Å². The standard InChI is InChI=1S/C3H6N2O2S2.Na/c4-5-3(8)9-1-2(6)7;/h1,4H2,(H,5,8)(H,6,7);/q;+1/p-1. The summed E-state index contributed by atoms with van der Waals surface area (Å²) in [6.45, 7) is 0. The first-order valence-electron chi connectivity index (χ1n) is 2.00. The fourth-order valence-corrected chi connectivity index (χ4v) is 0.675. The number of hydrogen-bond acceptors (Lipinski definition) is 5. The van der Waals surface area contributed by atoms with Gasteiger partial charge < -0.3 is 15.3 Å². The number of carbonyl (C=O) groups is 1. The van der Waals surface area contributed by atoms with E-state index in [1.165, 1.54) is 0 Å². The average Bonchev–Trinajstić information content (AvgIpc) is 1.83. The molecule has 0 atom stereocenters. The van der Waals surface area contributed by atoms with Crippen LogP contribution in [0.15, 0.2) is 0 Å². The number of hydrazine groups is 1. The zero-order chi connectivity index (χ0) is 7.28. The summed E-state index contributed by atoms with van der Waals surface area (Å²) in [5.74, 6) is 3.51. The fourth-order valence-electron chi connectivity index (χ4n) is 0.166. The van der Waals surface area contributed by atoms with E-state index < -0.39 is 5.97 Å². The zero-order valence-electron chi connectivity index (χ0n) is 5.42. The first-order valence-corrected chi connectivity index (χ1v) is 3.39. The number of nitrogens with one attached hydrogen (secondary N) is 1. The summed E-state index contributed by atoms with van der Waals surface area (Å²) in [5.41, 5.74) is 2.12. The molecule has 10 heavy (non-hydrogen) atoms. The summed E-state index contributed by atoms with van der Waals surface area (Å²) >= 11 is 5.43. The Morgan fingerprint density at radius 1 is 1.80 bits per heavy atom. The van der Waals surface area contributed by atoms with Crippen molar-refractivity contribution in [3.63, 3.8) is 0 Å². The predicted molar refractivity (Wildman–Crippen MR) is 37.4 cm³/mol. The van der Waals surface area contributed by atoms with Crippen LogP contribution in [-0.2, 0) is 4.79 Å². The molecule has 0 saturated carbocycles. The molecule has 0 aliphatic rings. The van der Waals surface area contributed by atoms with Crippen molar-refractivity contribution in [1.82, 2.24) is 5.43 Å². The van der Waals surface area contributed by atoms with Gasteiger partial charge in [-0.15, -0.1) is 0 Å². The third-order valence-electron chi connectivity index (χ3n) is 0.439. The molecule has 0 radical (unpaired) electrons. The summed E-state index contributed by atoms with van der Waals surface area (Å²) in [6, 6.07) is 0. The van der Waals surface area contributed by atoms with Crippen LogP contribution in [0.25, 0.3) is 0 Å². The van der Waals surface area contributed by atoms with Gasteiger partial charge in [-0.2, -0.15) is 0 Å². The zero-order valence-corrected chi connectivity index (χ0v) is 9.05. The molecule has 0 aromatic carbocycles. The van der Waals surface area contributed by atoms with Crippen molar-refractivity contribution in [2.75, 3.05) is 5.75 Å². The molecule has 52 valence electrons. The molecule has 0 unspecified atom stereocenters. The fraction of sp³-hybridized carbons (Fsp3) is 0.333. The summed E-state index contributed by atoms with van der Waals surface area (Å²) in [6.07, 6.45) is 0. The van der Waals surface area contributed by atoms with Gasteiger partial charge in [0.05, 0.1) is 5.97 Å². The molecule has 0 aromatic rings. The molecule has 0 rings (SSSR count). The van der Waals surface area contributed by atoms with Crippen molar-refractivity contribution in [2.24, 2.45) is 5.84 Å². The van der Waals surface area contributed by atoms with Gasteiger partial charge in [-0.1, -0.05) is 24.0 Å². The molecular weight excluding hydrogens is 183 g/mol. The number of rotatable bonds is 2. The predicted octanol–water partition coefficient (Wildman–Crippen LogP) is -4.78. The van der Waals surface area contributed by atoms with Crippen LogP contribution in [0.4, 0.5) is 0 Å². The minimum absolute atomic E-state index is 0. The number of carboxylic acids is 1. The number of thioether (sulfide) groups is 1. The van der Waals surface area contributed by atoms with E-state index in [1.807, 2.05) is 0 Å². The van der Waals surface area contributed by atoms with Gasteiger partial charge in [-0.05, 0) is 0 Å². The molecule has 3 N–H and O–H groups in total. The Hall–Kier alpha value is 0.670. The molecule has 0 aliphatic heterocycles. The van der Waals surface area contributed by atoms with Gasteiger partial charge in [-0.25, -0.2) is 5.84 Å². The summed E-state index contributed by atoms with van der Waals surface area (Å²) in [5, 5.41) is 9.76. The number of carboxylic acid groups (broad SMARTS) is 1. The largest absolute Gasteiger partial charge is 1.00 e. The topological polar surface area (TPSA) is 78.2 Å². The van der Waals surface area contributed by atoms with E-state index in [0.29, 0.717) is 0 Å². The minimum atomic E-state index is -1.15. The van der Waals surface area contributed by atoms with E-state index in [1.54, 1.807) is 0 Å². The molecule has 0 heterocycles. The van der Waals surface area contributed by atoms with Crippen molar-refractivity contribution in [1.29, 1.82) is 0 Å². The maximum absolute atomic E-state index is 9.76. The number of hydrogen-bond donors (Lipinski definition) is 2. The second kappa shape index (κ2) is 7.77. The van der Waals surface area contributed by atoms with E-state index in [4.69, 9.17) is 5.84 Å². The van der Waals surface area contributed by atoms with E-state index in [0.717, 1.165) is 11.8 Å². The molecule has 0 saturated heterocycles. The Labute approximate surface area is 90.2 Å². The van der Waals surface area contributed by atoms with Gasteiger partial charge in [0.15, 0.2) is 0 Å². The normalized spacial score (nSPS) is 7.70. The number of carbonyl (C=O) groups excluding carboxylic acids is 1. The summed E-state index contributed by atoms with van der Waals surface area (Å²) < 4.78 is 0.249. The second-order valence-electron chi connectivity index (χ2n) is 1.09. The Morgan fingerprint density at radius 3 is 2.60 bits per heavy atom. The molecule has 0 aromatic heterocycles. The second-order valence-corrected chi connectivity index (χ2v) is 2.74. The van der Waals surface area contributed by atoms with Gasteiger partial charge in [0, 0.05) is 5.75 Å². The van der Waals surface area contributed by atoms with Crippen molar-refractivity contribution in [3.8, 4) is 0 Å². The molecule has 0 amide bonds. The maximum Gasteiger partial charge on any atom is 1.00 e. The minimum Gasteiger partial charge on any atom is -0.549 e. The SMILES string of the molecule is NNC(=S)SCC(=O)[O-].[Na+]. The first-order chi connectivity index (χ1) is 4.16. The van der Waals surface area contributed by atoms with Crippen molar-refractivity contribution in [2.45, 2.75) is 0 Å². The molecule has 0 spiro atoms. The van der Waals surface area contributed by atoms with Gasteiger partial charge in [-0.3, -0.25) is 0 Å². The molecule has 0 bridgehead atoms. The Morgan fingerprint density at radius 2 is 2.30 bits per heavy atom. The van der Waals surface area contributed by atoms with Crippen LogP contribution in [0.2, 0.25) is 0 Å². The molecule has 7 heteroatoms. The van der Waals surface area contributed by atoms with Crippen LogP contribution in [0, 0.1) is 0 Å². The van der Waals surface area contributed by atoms with Crippen LogP contribution < -0.4 is 45.9 Å². The average molecular weight is 188 g/mol. The molecule has 4 nitrogen and oxygen atoms in total. The van der Waals surface area contributed by atoms with Crippen LogP contribution in [0.3, 0.4) is 0 Å². The van der Waals surface area contributed by atoms with Crippen LogP contribution >= 0.6 is 24.0 Å². The molecule has 0 aliphatic carbocycles. The van der Waals surface area contributed by atoms with E-state index in [2.05, 4.69) is 17.6 Å². The van der Waals surface area contributed by atoms with E-state index in [9.17, 15) is 9.90 Å².